The van der Waals surface area contributed by atoms with Gasteiger partial charge in [-0.25, -0.2) is 8.42 Å². The molecule has 1 unspecified atom stereocenters. The zero-order chi connectivity index (χ0) is 19.2. The molecule has 0 bridgehead atoms. The maximum atomic E-state index is 12.4. The zero-order valence-electron chi connectivity index (χ0n) is 15.4. The second-order valence-electron chi connectivity index (χ2n) is 6.03. The summed E-state index contributed by atoms with van der Waals surface area (Å²) in [4.78, 5) is 23.7. The second kappa shape index (κ2) is 8.96. The molecule has 7 nitrogen and oxygen atoms in total. The molecule has 1 aromatic rings. The Balaban J connectivity index is 2.93. The van der Waals surface area contributed by atoms with Crippen LogP contribution < -0.4 is 10.6 Å². The maximum Gasteiger partial charge on any atom is 0.247 e. The van der Waals surface area contributed by atoms with Gasteiger partial charge in [0.15, 0.2) is 0 Å². The SMILES string of the molecule is CCN(CC)S(=O)(=O)c1ccc(NC(=O)C(NC(C)=O)C(C)C)cc1. The Bertz CT molecular complexity index is 695. The molecule has 1 aromatic carbocycles. The van der Waals surface area contributed by atoms with Gasteiger partial charge in [-0.05, 0) is 30.2 Å². The number of carbonyl (C=O) groups is 2. The second-order valence-corrected chi connectivity index (χ2v) is 7.96. The molecule has 8 heteroatoms. The van der Waals surface area contributed by atoms with E-state index in [1.807, 2.05) is 13.8 Å². The normalized spacial score (nSPS) is 12.9. The van der Waals surface area contributed by atoms with Crippen molar-refractivity contribution < 1.29 is 18.0 Å². The van der Waals surface area contributed by atoms with Crippen molar-refractivity contribution in [3.8, 4) is 0 Å². The van der Waals surface area contributed by atoms with Crippen LogP contribution in [0.3, 0.4) is 0 Å². The van der Waals surface area contributed by atoms with Crippen molar-refractivity contribution >= 4 is 27.5 Å². The van der Waals surface area contributed by atoms with Crippen LogP contribution in [0.25, 0.3) is 0 Å². The number of sulfonamides is 1. The van der Waals surface area contributed by atoms with E-state index < -0.39 is 16.1 Å². The minimum atomic E-state index is -3.53. The van der Waals surface area contributed by atoms with Gasteiger partial charge in [0.1, 0.15) is 6.04 Å². The highest BCUT2D eigenvalue weighted by Gasteiger charge is 2.24. The molecule has 0 radical (unpaired) electrons. The van der Waals surface area contributed by atoms with E-state index in [0.29, 0.717) is 18.8 Å². The topological polar surface area (TPSA) is 95.6 Å². The van der Waals surface area contributed by atoms with Gasteiger partial charge in [0.2, 0.25) is 21.8 Å². The fourth-order valence-corrected chi connectivity index (χ4v) is 3.85. The lowest BCUT2D eigenvalue weighted by atomic mass is 10.0. The highest BCUT2D eigenvalue weighted by Crippen LogP contribution is 2.18. The summed E-state index contributed by atoms with van der Waals surface area (Å²) in [7, 11) is -3.53. The molecule has 0 aliphatic rings. The largest absolute Gasteiger partial charge is 0.344 e. The van der Waals surface area contributed by atoms with E-state index in [2.05, 4.69) is 10.6 Å². The average Bonchev–Trinajstić information content (AvgIpc) is 2.53. The highest BCUT2D eigenvalue weighted by atomic mass is 32.2. The molecule has 0 aromatic heterocycles. The van der Waals surface area contributed by atoms with Gasteiger partial charge >= 0.3 is 0 Å². The molecule has 0 fully saturated rings. The van der Waals surface area contributed by atoms with E-state index in [-0.39, 0.29) is 22.6 Å². The van der Waals surface area contributed by atoms with Crippen LogP contribution in [0.5, 0.6) is 0 Å². The summed E-state index contributed by atoms with van der Waals surface area (Å²) in [5.74, 6) is -0.703. The van der Waals surface area contributed by atoms with Gasteiger partial charge in [-0.3, -0.25) is 9.59 Å². The number of amides is 2. The van der Waals surface area contributed by atoms with Crippen molar-refractivity contribution in [2.75, 3.05) is 18.4 Å². The summed E-state index contributed by atoms with van der Waals surface area (Å²) in [6.07, 6.45) is 0. The Hall–Kier alpha value is -1.93. The van der Waals surface area contributed by atoms with E-state index in [1.54, 1.807) is 26.0 Å². The Morgan fingerprint density at radius 3 is 2.00 bits per heavy atom. The smallest absolute Gasteiger partial charge is 0.247 e. The molecule has 140 valence electrons. The summed E-state index contributed by atoms with van der Waals surface area (Å²) in [5.41, 5.74) is 0.472. The molecule has 0 aliphatic carbocycles. The Morgan fingerprint density at radius 1 is 1.08 bits per heavy atom. The number of anilines is 1. The molecule has 0 aliphatic heterocycles. The van der Waals surface area contributed by atoms with E-state index in [9.17, 15) is 18.0 Å². The van der Waals surface area contributed by atoms with Gasteiger partial charge < -0.3 is 10.6 Å². The van der Waals surface area contributed by atoms with Crippen LogP contribution in [-0.4, -0.2) is 43.7 Å². The van der Waals surface area contributed by atoms with Crippen LogP contribution >= 0.6 is 0 Å². The van der Waals surface area contributed by atoms with E-state index in [1.165, 1.54) is 23.4 Å². The number of nitrogens with one attached hydrogen (secondary N) is 2. The molecule has 0 spiro atoms. The molecule has 25 heavy (non-hydrogen) atoms. The first-order valence-corrected chi connectivity index (χ1v) is 9.75. The Kier molecular flexibility index (Phi) is 7.57. The summed E-state index contributed by atoms with van der Waals surface area (Å²) in [6.45, 7) is 9.37. The lowest BCUT2D eigenvalue weighted by Crippen LogP contribution is -2.46. The number of carbonyl (C=O) groups excluding carboxylic acids is 2. The van der Waals surface area contributed by atoms with Gasteiger partial charge in [0.05, 0.1) is 4.90 Å². The molecule has 0 saturated heterocycles. The van der Waals surface area contributed by atoms with Gasteiger partial charge in [0.25, 0.3) is 0 Å². The van der Waals surface area contributed by atoms with Crippen LogP contribution in [0, 0.1) is 5.92 Å². The van der Waals surface area contributed by atoms with Gasteiger partial charge in [-0.1, -0.05) is 27.7 Å². The summed E-state index contributed by atoms with van der Waals surface area (Å²) in [5, 5.41) is 5.31. The predicted molar refractivity (Wildman–Crippen MR) is 97.6 cm³/mol. The Morgan fingerprint density at radius 2 is 1.60 bits per heavy atom. The Labute approximate surface area is 149 Å². The van der Waals surface area contributed by atoms with Gasteiger partial charge in [-0.2, -0.15) is 4.31 Å². The van der Waals surface area contributed by atoms with Crippen LogP contribution in [0.1, 0.15) is 34.6 Å². The first-order chi connectivity index (χ1) is 11.6. The lowest BCUT2D eigenvalue weighted by Gasteiger charge is -2.21. The number of hydrogen-bond donors (Lipinski definition) is 2. The maximum absolute atomic E-state index is 12.4. The van der Waals surface area contributed by atoms with Crippen LogP contribution in [0.4, 0.5) is 5.69 Å². The summed E-state index contributed by atoms with van der Waals surface area (Å²) < 4.78 is 26.2. The fraction of sp³-hybridized carbons (Fsp3) is 0.529. The third-order valence-electron chi connectivity index (χ3n) is 3.77. The fourth-order valence-electron chi connectivity index (χ4n) is 2.40. The van der Waals surface area contributed by atoms with Gasteiger partial charge in [0, 0.05) is 25.7 Å². The molecular weight excluding hydrogens is 342 g/mol. The quantitative estimate of drug-likeness (QED) is 0.730. The first kappa shape index (κ1) is 21.1. The van der Waals surface area contributed by atoms with E-state index in [0.717, 1.165) is 0 Å². The minimum Gasteiger partial charge on any atom is -0.344 e. The van der Waals surface area contributed by atoms with Crippen molar-refractivity contribution in [1.82, 2.24) is 9.62 Å². The van der Waals surface area contributed by atoms with Crippen molar-refractivity contribution in [2.24, 2.45) is 5.92 Å². The van der Waals surface area contributed by atoms with E-state index in [4.69, 9.17) is 0 Å². The first-order valence-electron chi connectivity index (χ1n) is 8.31. The van der Waals surface area contributed by atoms with Crippen molar-refractivity contribution in [3.05, 3.63) is 24.3 Å². The number of rotatable bonds is 8. The third kappa shape index (κ3) is 5.54. The molecule has 2 amide bonds. The zero-order valence-corrected chi connectivity index (χ0v) is 16.2. The van der Waals surface area contributed by atoms with Crippen molar-refractivity contribution in [3.63, 3.8) is 0 Å². The number of hydrogen-bond acceptors (Lipinski definition) is 4. The third-order valence-corrected chi connectivity index (χ3v) is 5.84. The average molecular weight is 369 g/mol. The van der Waals surface area contributed by atoms with Crippen LogP contribution in [0.2, 0.25) is 0 Å². The van der Waals surface area contributed by atoms with Gasteiger partial charge in [-0.15, -0.1) is 0 Å². The standard InChI is InChI=1S/C17H27N3O4S/c1-6-20(7-2)25(23,24)15-10-8-14(9-11-15)19-17(22)16(12(3)4)18-13(5)21/h8-12,16H,6-7H2,1-5H3,(H,18,21)(H,19,22). The van der Waals surface area contributed by atoms with Crippen LogP contribution in [0.15, 0.2) is 29.2 Å². The lowest BCUT2D eigenvalue weighted by molar-refractivity contribution is -0.126. The van der Waals surface area contributed by atoms with E-state index >= 15 is 0 Å². The monoisotopic (exact) mass is 369 g/mol. The molecule has 1 rings (SSSR count). The van der Waals surface area contributed by atoms with Crippen molar-refractivity contribution in [1.29, 1.82) is 0 Å². The summed E-state index contributed by atoms with van der Waals surface area (Å²) >= 11 is 0. The molecule has 0 saturated carbocycles. The number of nitrogens with zero attached hydrogens (tertiary/aromatic N) is 1. The van der Waals surface area contributed by atoms with Crippen molar-refractivity contribution in [2.45, 2.75) is 45.6 Å². The minimum absolute atomic E-state index is 0.0776. The molecule has 1 atom stereocenters. The molecule has 0 heterocycles. The number of benzene rings is 1. The molecule has 2 N–H and O–H groups in total. The van der Waals surface area contributed by atoms with Crippen LogP contribution in [-0.2, 0) is 19.6 Å². The highest BCUT2D eigenvalue weighted by molar-refractivity contribution is 7.89. The predicted octanol–water partition coefficient (Wildman–Crippen LogP) is 1.82. The summed E-state index contributed by atoms with van der Waals surface area (Å²) in [6, 6.07) is 5.35. The molecular formula is C17H27N3O4S.